The maximum Gasteiger partial charge on any atom is 0.161 e. The van der Waals surface area contributed by atoms with Crippen LogP contribution < -0.4 is 4.74 Å². The van der Waals surface area contributed by atoms with Crippen molar-refractivity contribution in [2.75, 3.05) is 6.61 Å². The standard InChI is InChI=1S/C31H46O3/c1-7-8-25(29(33)20-32)18-21(2)17-23-9-15-28-22(3)30(16-10-24(28)19-23)34-27-13-11-26(12-14-27)31(4,5)6/h9-10,15-16,19,21,25-27,32H,7-8,11-14,17-18,20H2,1-6H3. The normalized spacial score (nSPS) is 20.8. The largest absolute Gasteiger partial charge is 0.490 e. The molecular weight excluding hydrogens is 420 g/mol. The van der Waals surface area contributed by atoms with Crippen LogP contribution in [0.2, 0.25) is 0 Å². The lowest BCUT2D eigenvalue weighted by molar-refractivity contribution is -0.126. The predicted molar refractivity (Wildman–Crippen MR) is 142 cm³/mol. The predicted octanol–water partition coefficient (Wildman–Crippen LogP) is 7.68. The van der Waals surface area contributed by atoms with Crippen molar-refractivity contribution in [2.24, 2.45) is 23.2 Å². The number of carbonyl (C=O) groups excluding carboxylic acids is 1. The average molecular weight is 467 g/mol. The Bertz CT molecular complexity index is 947. The van der Waals surface area contributed by atoms with E-state index in [2.05, 4.69) is 71.9 Å². The second-order valence-corrected chi connectivity index (χ2v) is 11.9. The zero-order valence-electron chi connectivity index (χ0n) is 22.3. The minimum atomic E-state index is -0.338. The van der Waals surface area contributed by atoms with E-state index in [4.69, 9.17) is 4.74 Å². The fraction of sp³-hybridized carbons (Fsp3) is 0.645. The summed E-state index contributed by atoms with van der Waals surface area (Å²) in [5.74, 6) is 2.19. The number of aliphatic hydroxyl groups excluding tert-OH is 1. The van der Waals surface area contributed by atoms with Gasteiger partial charge in [0.2, 0.25) is 0 Å². The van der Waals surface area contributed by atoms with Gasteiger partial charge in [0.15, 0.2) is 5.78 Å². The summed E-state index contributed by atoms with van der Waals surface area (Å²) >= 11 is 0. The number of ether oxygens (including phenoxy) is 1. The molecule has 0 aromatic heterocycles. The lowest BCUT2D eigenvalue weighted by atomic mass is 9.72. The van der Waals surface area contributed by atoms with Gasteiger partial charge in [-0.05, 0) is 97.1 Å². The summed E-state index contributed by atoms with van der Waals surface area (Å²) in [5, 5.41) is 11.8. The van der Waals surface area contributed by atoms with Crippen LogP contribution in [0.4, 0.5) is 0 Å². The van der Waals surface area contributed by atoms with Crippen LogP contribution in [0.25, 0.3) is 10.8 Å². The Labute approximate surface area is 207 Å². The number of benzene rings is 2. The Balaban J connectivity index is 1.65. The third kappa shape index (κ3) is 6.84. The Hall–Kier alpha value is -1.87. The van der Waals surface area contributed by atoms with Gasteiger partial charge in [-0.1, -0.05) is 65.3 Å². The molecule has 1 fully saturated rings. The first-order chi connectivity index (χ1) is 16.1. The molecule has 0 aliphatic heterocycles. The van der Waals surface area contributed by atoms with E-state index in [9.17, 15) is 9.90 Å². The average Bonchev–Trinajstić information content (AvgIpc) is 2.80. The first-order valence-electron chi connectivity index (χ1n) is 13.4. The van der Waals surface area contributed by atoms with E-state index in [1.165, 1.54) is 34.7 Å². The molecule has 0 spiro atoms. The van der Waals surface area contributed by atoms with Crippen LogP contribution in [0.15, 0.2) is 30.3 Å². The summed E-state index contributed by atoms with van der Waals surface area (Å²) in [4.78, 5) is 12.1. The highest BCUT2D eigenvalue weighted by molar-refractivity contribution is 5.88. The van der Waals surface area contributed by atoms with Gasteiger partial charge in [0.05, 0.1) is 6.10 Å². The molecule has 0 saturated heterocycles. The van der Waals surface area contributed by atoms with Gasteiger partial charge < -0.3 is 9.84 Å². The molecule has 1 aliphatic rings. The molecule has 1 aliphatic carbocycles. The van der Waals surface area contributed by atoms with E-state index in [1.54, 1.807) is 0 Å². The smallest absolute Gasteiger partial charge is 0.161 e. The summed E-state index contributed by atoms with van der Waals surface area (Å²) in [6.45, 7) is 13.2. The van der Waals surface area contributed by atoms with E-state index in [0.29, 0.717) is 17.4 Å². The van der Waals surface area contributed by atoms with Gasteiger partial charge in [-0.25, -0.2) is 0 Å². The Morgan fingerprint density at radius 2 is 1.82 bits per heavy atom. The summed E-state index contributed by atoms with van der Waals surface area (Å²) < 4.78 is 6.50. The van der Waals surface area contributed by atoms with E-state index in [1.807, 2.05) is 0 Å². The molecule has 34 heavy (non-hydrogen) atoms. The topological polar surface area (TPSA) is 46.5 Å². The highest BCUT2D eigenvalue weighted by atomic mass is 16.5. The van der Waals surface area contributed by atoms with Gasteiger partial charge in [0.25, 0.3) is 0 Å². The van der Waals surface area contributed by atoms with Gasteiger partial charge in [0, 0.05) is 5.92 Å². The molecular formula is C31H46O3. The fourth-order valence-corrected chi connectivity index (χ4v) is 5.85. The van der Waals surface area contributed by atoms with E-state index >= 15 is 0 Å². The highest BCUT2D eigenvalue weighted by Crippen LogP contribution is 2.39. The molecule has 0 heterocycles. The van der Waals surface area contributed by atoms with Crippen molar-refractivity contribution in [3.63, 3.8) is 0 Å². The quantitative estimate of drug-likeness (QED) is 0.390. The number of aryl methyl sites for hydroxylation is 1. The monoisotopic (exact) mass is 466 g/mol. The maximum atomic E-state index is 12.1. The SMILES string of the molecule is CCCC(CC(C)Cc1ccc2c(C)c(OC3CCC(C(C)(C)C)CC3)ccc2c1)C(=O)CO. The van der Waals surface area contributed by atoms with Crippen LogP contribution in [0.3, 0.4) is 0 Å². The van der Waals surface area contributed by atoms with E-state index in [0.717, 1.165) is 50.2 Å². The third-order valence-electron chi connectivity index (χ3n) is 8.02. The van der Waals surface area contributed by atoms with Crippen molar-refractivity contribution < 1.29 is 14.6 Å². The van der Waals surface area contributed by atoms with Crippen molar-refractivity contribution >= 4 is 16.6 Å². The van der Waals surface area contributed by atoms with Crippen molar-refractivity contribution in [1.29, 1.82) is 0 Å². The number of aliphatic hydroxyl groups is 1. The number of rotatable bonds is 10. The van der Waals surface area contributed by atoms with Gasteiger partial charge in [-0.15, -0.1) is 0 Å². The molecule has 2 aromatic carbocycles. The van der Waals surface area contributed by atoms with Crippen molar-refractivity contribution in [3.8, 4) is 5.75 Å². The van der Waals surface area contributed by atoms with Crippen LogP contribution in [0.1, 0.15) is 90.7 Å². The molecule has 2 atom stereocenters. The van der Waals surface area contributed by atoms with Gasteiger partial charge in [-0.3, -0.25) is 4.79 Å². The molecule has 2 aromatic rings. The molecule has 2 unspecified atom stereocenters. The number of hydrogen-bond donors (Lipinski definition) is 1. The van der Waals surface area contributed by atoms with Crippen LogP contribution >= 0.6 is 0 Å². The number of ketones is 1. The molecule has 0 bridgehead atoms. The van der Waals surface area contributed by atoms with Gasteiger partial charge in [0.1, 0.15) is 12.4 Å². The van der Waals surface area contributed by atoms with E-state index in [-0.39, 0.29) is 18.3 Å². The summed E-state index contributed by atoms with van der Waals surface area (Å²) in [5.41, 5.74) is 2.93. The van der Waals surface area contributed by atoms with Crippen LogP contribution in [-0.4, -0.2) is 23.6 Å². The molecule has 0 radical (unpaired) electrons. The first-order valence-corrected chi connectivity index (χ1v) is 13.4. The molecule has 3 heteroatoms. The molecule has 3 rings (SSSR count). The highest BCUT2D eigenvalue weighted by Gasteiger charge is 2.30. The second-order valence-electron chi connectivity index (χ2n) is 11.9. The Kier molecular flexibility index (Phi) is 9.20. The van der Waals surface area contributed by atoms with Gasteiger partial charge in [-0.2, -0.15) is 0 Å². The Morgan fingerprint density at radius 3 is 2.44 bits per heavy atom. The Morgan fingerprint density at radius 1 is 1.12 bits per heavy atom. The molecule has 1 N–H and O–H groups in total. The lowest BCUT2D eigenvalue weighted by Gasteiger charge is -2.37. The molecule has 1 saturated carbocycles. The summed E-state index contributed by atoms with van der Waals surface area (Å²) in [7, 11) is 0. The zero-order valence-corrected chi connectivity index (χ0v) is 22.3. The van der Waals surface area contributed by atoms with Gasteiger partial charge >= 0.3 is 0 Å². The van der Waals surface area contributed by atoms with Crippen LogP contribution in [0, 0.1) is 30.1 Å². The number of fused-ring (bicyclic) bond motifs is 1. The number of hydrogen-bond acceptors (Lipinski definition) is 3. The molecule has 3 nitrogen and oxygen atoms in total. The molecule has 188 valence electrons. The van der Waals surface area contributed by atoms with Crippen molar-refractivity contribution in [2.45, 2.75) is 99.0 Å². The third-order valence-corrected chi connectivity index (χ3v) is 8.02. The summed E-state index contributed by atoms with van der Waals surface area (Å²) in [6, 6.07) is 11.1. The fourth-order valence-electron chi connectivity index (χ4n) is 5.85. The molecule has 0 amide bonds. The second kappa shape index (κ2) is 11.7. The minimum Gasteiger partial charge on any atom is -0.490 e. The minimum absolute atomic E-state index is 0.0118. The van der Waals surface area contributed by atoms with Crippen molar-refractivity contribution in [1.82, 2.24) is 0 Å². The van der Waals surface area contributed by atoms with Crippen LogP contribution in [-0.2, 0) is 11.2 Å². The van der Waals surface area contributed by atoms with E-state index < -0.39 is 0 Å². The number of carbonyl (C=O) groups is 1. The number of Topliss-reactive ketones (excluding diaryl/α,β-unsaturated/α-hetero) is 1. The lowest BCUT2D eigenvalue weighted by Crippen LogP contribution is -2.30. The van der Waals surface area contributed by atoms with Crippen LogP contribution in [0.5, 0.6) is 5.75 Å². The first kappa shape index (κ1) is 26.7. The summed E-state index contributed by atoms with van der Waals surface area (Å²) in [6.07, 6.45) is 8.76. The maximum absolute atomic E-state index is 12.1. The van der Waals surface area contributed by atoms with Crippen molar-refractivity contribution in [3.05, 3.63) is 41.5 Å². The zero-order chi connectivity index (χ0) is 24.9.